The lowest BCUT2D eigenvalue weighted by atomic mass is 10.1. The minimum Gasteiger partial charge on any atom is -0.373 e. The Balaban J connectivity index is 1.30. The Morgan fingerprint density at radius 1 is 1.14 bits per heavy atom. The Morgan fingerprint density at radius 2 is 1.91 bits per heavy atom. The van der Waals surface area contributed by atoms with Gasteiger partial charge in [0.05, 0.1) is 11.7 Å². The fourth-order valence-electron chi connectivity index (χ4n) is 4.05. The van der Waals surface area contributed by atoms with E-state index in [9.17, 15) is 13.6 Å². The third-order valence-electron chi connectivity index (χ3n) is 6.13. The van der Waals surface area contributed by atoms with Crippen molar-refractivity contribution < 1.29 is 18.3 Å². The lowest BCUT2D eigenvalue weighted by Gasteiger charge is -2.38. The minimum atomic E-state index is -2.72. The molecule has 3 heterocycles. The molecule has 2 N–H and O–H groups in total. The highest BCUT2D eigenvalue weighted by atomic mass is 19.3. The predicted molar refractivity (Wildman–Crippen MR) is 129 cm³/mol. The smallest absolute Gasteiger partial charge is 0.345 e. The quantitative estimate of drug-likeness (QED) is 0.504. The van der Waals surface area contributed by atoms with E-state index in [-0.39, 0.29) is 11.8 Å². The first-order chi connectivity index (χ1) is 17.0. The monoisotopic (exact) mass is 477 g/mol. The van der Waals surface area contributed by atoms with Crippen molar-refractivity contribution in [3.8, 4) is 11.8 Å². The van der Waals surface area contributed by atoms with Crippen molar-refractivity contribution in [2.75, 3.05) is 30.8 Å². The topological polar surface area (TPSA) is 79.4 Å². The van der Waals surface area contributed by atoms with E-state index in [1.54, 1.807) is 19.4 Å². The van der Waals surface area contributed by atoms with Gasteiger partial charge in [0.25, 0.3) is 0 Å². The molecule has 1 aliphatic carbocycles. The maximum absolute atomic E-state index is 12.2. The summed E-state index contributed by atoms with van der Waals surface area (Å²) in [4.78, 5) is 23.0. The number of carbonyl (C=O) groups is 1. The zero-order valence-corrected chi connectivity index (χ0v) is 19.2. The Bertz CT molecular complexity index is 1290. The molecule has 35 heavy (non-hydrogen) atoms. The summed E-state index contributed by atoms with van der Waals surface area (Å²) in [6.45, 7) is -1.02. The van der Waals surface area contributed by atoms with Gasteiger partial charge in [0, 0.05) is 61.3 Å². The summed E-state index contributed by atoms with van der Waals surface area (Å²) in [5.74, 6) is 7.67. The lowest BCUT2D eigenvalue weighted by molar-refractivity contribution is -0.197. The number of carbonyl (C=O) groups excluding carboxylic acids is 1. The van der Waals surface area contributed by atoms with Crippen LogP contribution in [0.2, 0.25) is 0 Å². The van der Waals surface area contributed by atoms with Crippen LogP contribution in [0.1, 0.15) is 29.5 Å². The van der Waals surface area contributed by atoms with E-state index in [1.165, 1.54) is 0 Å². The van der Waals surface area contributed by atoms with Crippen LogP contribution in [-0.4, -0.2) is 53.6 Å². The SMILES string of the molecule is CNc1ncc(C#Cc2ccc(CN3CC(OC(F)F)C3)cc2)c2cc(NC(=O)C3CC3)ncc12. The van der Waals surface area contributed by atoms with Crippen molar-refractivity contribution in [2.45, 2.75) is 32.1 Å². The number of pyridine rings is 2. The Labute approximate surface area is 201 Å². The van der Waals surface area contributed by atoms with Gasteiger partial charge in [-0.2, -0.15) is 8.78 Å². The van der Waals surface area contributed by atoms with Gasteiger partial charge in [-0.1, -0.05) is 24.0 Å². The fourth-order valence-corrected chi connectivity index (χ4v) is 4.05. The molecule has 3 aromatic rings. The zero-order valence-electron chi connectivity index (χ0n) is 19.2. The van der Waals surface area contributed by atoms with Gasteiger partial charge in [0.1, 0.15) is 11.6 Å². The van der Waals surface area contributed by atoms with Crippen LogP contribution >= 0.6 is 0 Å². The van der Waals surface area contributed by atoms with Gasteiger partial charge in [-0.05, 0) is 36.6 Å². The first-order valence-electron chi connectivity index (χ1n) is 11.5. The number of amides is 1. The molecule has 2 aliphatic rings. The predicted octanol–water partition coefficient (Wildman–Crippen LogP) is 3.84. The zero-order chi connectivity index (χ0) is 24.4. The highest BCUT2D eigenvalue weighted by Gasteiger charge is 2.30. The van der Waals surface area contributed by atoms with Gasteiger partial charge in [0.2, 0.25) is 5.91 Å². The van der Waals surface area contributed by atoms with Gasteiger partial charge in [-0.3, -0.25) is 9.69 Å². The number of alkyl halides is 2. The second-order valence-electron chi connectivity index (χ2n) is 8.81. The third-order valence-corrected chi connectivity index (χ3v) is 6.13. The summed E-state index contributed by atoms with van der Waals surface area (Å²) in [6, 6.07) is 9.69. The maximum Gasteiger partial charge on any atom is 0.345 e. The summed E-state index contributed by atoms with van der Waals surface area (Å²) in [7, 11) is 1.80. The molecule has 1 amide bonds. The van der Waals surface area contributed by atoms with Crippen LogP contribution in [0.25, 0.3) is 10.8 Å². The van der Waals surface area contributed by atoms with Crippen molar-refractivity contribution in [1.29, 1.82) is 0 Å². The summed E-state index contributed by atoms with van der Waals surface area (Å²) < 4.78 is 29.0. The summed E-state index contributed by atoms with van der Waals surface area (Å²) in [5.41, 5.74) is 2.66. The Kier molecular flexibility index (Phi) is 6.57. The van der Waals surface area contributed by atoms with Gasteiger partial charge >= 0.3 is 6.61 Å². The van der Waals surface area contributed by atoms with Crippen LogP contribution in [0.3, 0.4) is 0 Å². The fraction of sp³-hybridized carbons (Fsp3) is 0.346. The van der Waals surface area contributed by atoms with Crippen molar-refractivity contribution in [3.05, 3.63) is 59.4 Å². The van der Waals surface area contributed by atoms with E-state index in [0.717, 1.165) is 40.3 Å². The van der Waals surface area contributed by atoms with E-state index in [1.807, 2.05) is 30.3 Å². The second-order valence-corrected chi connectivity index (χ2v) is 8.81. The number of aromatic nitrogens is 2. The maximum atomic E-state index is 12.2. The van der Waals surface area contributed by atoms with E-state index in [2.05, 4.69) is 42.1 Å². The molecule has 1 aromatic carbocycles. The molecule has 1 saturated heterocycles. The van der Waals surface area contributed by atoms with Crippen molar-refractivity contribution in [3.63, 3.8) is 0 Å². The molecule has 0 unspecified atom stereocenters. The standard InChI is InChI=1S/C26H25F2N5O2/c1-29-24-22-12-30-23(32-25(34)18-8-9-18)10-21(22)19(11-31-24)7-6-16-2-4-17(5-3-16)13-33-14-20(15-33)35-26(27)28/h2-5,10-12,18,20,26H,8-9,13-15H2,1H3,(H,29,31)(H,30,32,34). The number of benzene rings is 1. The van der Waals surface area contributed by atoms with Crippen molar-refractivity contribution >= 4 is 28.3 Å². The number of ether oxygens (including phenoxy) is 1. The van der Waals surface area contributed by atoms with Crippen molar-refractivity contribution in [2.24, 2.45) is 5.92 Å². The lowest BCUT2D eigenvalue weighted by Crippen LogP contribution is -2.52. The van der Waals surface area contributed by atoms with Crippen LogP contribution in [0, 0.1) is 17.8 Å². The number of fused-ring (bicyclic) bond motifs is 1. The number of nitrogens with zero attached hydrogens (tertiary/aromatic N) is 3. The number of hydrogen-bond donors (Lipinski definition) is 2. The van der Waals surface area contributed by atoms with E-state index in [0.29, 0.717) is 31.3 Å². The van der Waals surface area contributed by atoms with E-state index >= 15 is 0 Å². The highest BCUT2D eigenvalue weighted by Crippen LogP contribution is 2.31. The second kappa shape index (κ2) is 9.94. The van der Waals surface area contributed by atoms with Crippen LogP contribution < -0.4 is 10.6 Å². The number of anilines is 2. The molecule has 2 aromatic heterocycles. The molecule has 0 atom stereocenters. The van der Waals surface area contributed by atoms with Crippen LogP contribution in [0.4, 0.5) is 20.4 Å². The molecule has 1 aliphatic heterocycles. The van der Waals surface area contributed by atoms with Crippen LogP contribution in [0.5, 0.6) is 0 Å². The van der Waals surface area contributed by atoms with Gasteiger partial charge in [-0.25, -0.2) is 9.97 Å². The Hall–Kier alpha value is -3.61. The van der Waals surface area contributed by atoms with Gasteiger partial charge < -0.3 is 15.4 Å². The molecule has 0 bridgehead atoms. The summed E-state index contributed by atoms with van der Waals surface area (Å²) >= 11 is 0. The molecule has 7 nitrogen and oxygen atoms in total. The minimum absolute atomic E-state index is 0.00256. The first kappa shape index (κ1) is 23.1. The number of rotatable bonds is 7. The average molecular weight is 478 g/mol. The molecule has 1 saturated carbocycles. The molecule has 9 heteroatoms. The third kappa shape index (κ3) is 5.56. The molecule has 2 fully saturated rings. The van der Waals surface area contributed by atoms with E-state index in [4.69, 9.17) is 0 Å². The largest absolute Gasteiger partial charge is 0.373 e. The molecular weight excluding hydrogens is 452 g/mol. The molecule has 180 valence electrons. The average Bonchev–Trinajstić information content (AvgIpc) is 3.67. The van der Waals surface area contributed by atoms with Gasteiger partial charge in [0.15, 0.2) is 0 Å². The molecule has 5 rings (SSSR count). The van der Waals surface area contributed by atoms with Crippen LogP contribution in [-0.2, 0) is 16.1 Å². The first-order valence-corrected chi connectivity index (χ1v) is 11.5. The Morgan fingerprint density at radius 3 is 2.60 bits per heavy atom. The normalized spacial score (nSPS) is 16.0. The molecule has 0 radical (unpaired) electrons. The van der Waals surface area contributed by atoms with E-state index < -0.39 is 12.7 Å². The number of nitrogens with one attached hydrogen (secondary N) is 2. The number of halogens is 2. The molecular formula is C26H25F2N5O2. The summed E-state index contributed by atoms with van der Waals surface area (Å²) in [5, 5.41) is 7.63. The summed E-state index contributed by atoms with van der Waals surface area (Å²) in [6.07, 6.45) is 4.87. The molecule has 0 spiro atoms. The van der Waals surface area contributed by atoms with Crippen LogP contribution in [0.15, 0.2) is 42.7 Å². The number of hydrogen-bond acceptors (Lipinski definition) is 6. The number of likely N-dealkylation sites (tertiary alicyclic amines) is 1. The van der Waals surface area contributed by atoms with Crippen molar-refractivity contribution in [1.82, 2.24) is 14.9 Å². The van der Waals surface area contributed by atoms with Gasteiger partial charge in [-0.15, -0.1) is 0 Å². The highest BCUT2D eigenvalue weighted by molar-refractivity contribution is 5.99.